The smallest absolute Gasteiger partial charge is 0.302 e. The van der Waals surface area contributed by atoms with Crippen LogP contribution < -0.4 is 0 Å². The van der Waals surface area contributed by atoms with Gasteiger partial charge >= 0.3 is 5.97 Å². The predicted molar refractivity (Wildman–Crippen MR) is 67.6 cm³/mol. The molecule has 1 saturated heterocycles. The molecule has 1 aliphatic heterocycles. The second-order valence-electron chi connectivity index (χ2n) is 3.78. The first-order chi connectivity index (χ1) is 8.94. The lowest BCUT2D eigenvalue weighted by molar-refractivity contribution is -0.196. The Balaban J connectivity index is 0. The number of aliphatic hydroxyl groups excluding tert-OH is 1. The second-order valence-corrected chi connectivity index (χ2v) is 3.78. The standard InChI is InChI=1S/C8H12O5.2C2H6O/c1-5(10)12-6-2-7(4-9)13-8(11)3-6;2*1-3-2/h4,6-8,11H,2-3H2,1H3;2*1-2H3. The highest BCUT2D eigenvalue weighted by molar-refractivity contribution is 5.66. The summed E-state index contributed by atoms with van der Waals surface area (Å²) in [4.78, 5) is 20.9. The number of carbonyl (C=O) groups is 2. The number of aliphatic hydroxyl groups is 1. The van der Waals surface area contributed by atoms with E-state index >= 15 is 0 Å². The van der Waals surface area contributed by atoms with Crippen LogP contribution in [0.1, 0.15) is 19.8 Å². The number of methoxy groups -OCH3 is 2. The van der Waals surface area contributed by atoms with Gasteiger partial charge in [-0.1, -0.05) is 0 Å². The lowest BCUT2D eigenvalue weighted by Gasteiger charge is -2.29. The molecule has 0 bridgehead atoms. The van der Waals surface area contributed by atoms with Gasteiger partial charge < -0.3 is 28.8 Å². The third-order valence-corrected chi connectivity index (χ3v) is 1.78. The average molecular weight is 280 g/mol. The summed E-state index contributed by atoms with van der Waals surface area (Å²) >= 11 is 0. The van der Waals surface area contributed by atoms with E-state index in [4.69, 9.17) is 14.6 Å². The van der Waals surface area contributed by atoms with Crippen molar-refractivity contribution in [2.75, 3.05) is 28.4 Å². The summed E-state index contributed by atoms with van der Waals surface area (Å²) in [5.41, 5.74) is 0. The van der Waals surface area contributed by atoms with Gasteiger partial charge in [0.15, 0.2) is 6.29 Å². The van der Waals surface area contributed by atoms with Gasteiger partial charge in [0, 0.05) is 48.2 Å². The topological polar surface area (TPSA) is 91.3 Å². The van der Waals surface area contributed by atoms with Crippen LogP contribution in [0.3, 0.4) is 0 Å². The maximum absolute atomic E-state index is 10.6. The summed E-state index contributed by atoms with van der Waals surface area (Å²) in [6, 6.07) is 0. The quantitative estimate of drug-likeness (QED) is 0.568. The van der Waals surface area contributed by atoms with Crippen molar-refractivity contribution in [3.8, 4) is 0 Å². The van der Waals surface area contributed by atoms with Crippen molar-refractivity contribution in [2.45, 2.75) is 38.3 Å². The fourth-order valence-electron chi connectivity index (χ4n) is 1.31. The molecule has 0 aromatic rings. The van der Waals surface area contributed by atoms with E-state index in [0.29, 0.717) is 12.7 Å². The lowest BCUT2D eigenvalue weighted by atomic mass is 10.1. The first kappa shape index (κ1) is 20.3. The Morgan fingerprint density at radius 3 is 2.05 bits per heavy atom. The number of carbonyl (C=O) groups excluding carboxylic acids is 2. The first-order valence-electron chi connectivity index (χ1n) is 5.71. The maximum Gasteiger partial charge on any atom is 0.302 e. The molecule has 114 valence electrons. The minimum Gasteiger partial charge on any atom is -0.462 e. The zero-order chi connectivity index (χ0) is 15.3. The molecule has 3 atom stereocenters. The van der Waals surface area contributed by atoms with Crippen molar-refractivity contribution in [3.05, 3.63) is 0 Å². The van der Waals surface area contributed by atoms with Crippen molar-refractivity contribution in [1.29, 1.82) is 0 Å². The van der Waals surface area contributed by atoms with Gasteiger partial charge in [0.05, 0.1) is 0 Å². The molecule has 0 aromatic carbocycles. The van der Waals surface area contributed by atoms with Crippen molar-refractivity contribution >= 4 is 12.3 Å². The Morgan fingerprint density at radius 2 is 1.68 bits per heavy atom. The largest absolute Gasteiger partial charge is 0.462 e. The normalized spacial score (nSPS) is 25.1. The highest BCUT2D eigenvalue weighted by Gasteiger charge is 2.29. The van der Waals surface area contributed by atoms with Gasteiger partial charge in [-0.05, 0) is 0 Å². The minimum absolute atomic E-state index is 0.226. The summed E-state index contributed by atoms with van der Waals surface area (Å²) in [5.74, 6) is -0.413. The second kappa shape index (κ2) is 13.4. The minimum atomic E-state index is -1.02. The van der Waals surface area contributed by atoms with Gasteiger partial charge in [-0.3, -0.25) is 4.79 Å². The van der Waals surface area contributed by atoms with Crippen molar-refractivity contribution < 1.29 is 33.6 Å². The van der Waals surface area contributed by atoms with Gasteiger partial charge in [0.1, 0.15) is 18.5 Å². The molecule has 0 aromatic heterocycles. The van der Waals surface area contributed by atoms with Gasteiger partial charge in [-0.2, -0.15) is 0 Å². The molecule has 7 heteroatoms. The fourth-order valence-corrected chi connectivity index (χ4v) is 1.31. The van der Waals surface area contributed by atoms with Crippen LogP contribution in [0.2, 0.25) is 0 Å². The average Bonchev–Trinajstić information content (AvgIpc) is 2.29. The third-order valence-electron chi connectivity index (χ3n) is 1.78. The zero-order valence-corrected chi connectivity index (χ0v) is 12.1. The first-order valence-corrected chi connectivity index (χ1v) is 5.71. The van der Waals surface area contributed by atoms with Gasteiger partial charge in [0.2, 0.25) is 0 Å². The third kappa shape index (κ3) is 13.2. The van der Waals surface area contributed by atoms with Crippen molar-refractivity contribution in [1.82, 2.24) is 0 Å². The number of hydrogen-bond donors (Lipinski definition) is 1. The maximum atomic E-state index is 10.6. The highest BCUT2D eigenvalue weighted by Crippen LogP contribution is 2.19. The van der Waals surface area contributed by atoms with E-state index in [1.165, 1.54) is 6.92 Å². The molecular weight excluding hydrogens is 256 g/mol. The van der Waals surface area contributed by atoms with Gasteiger partial charge in [0.25, 0.3) is 0 Å². The van der Waals surface area contributed by atoms with Crippen molar-refractivity contribution in [3.63, 3.8) is 0 Å². The molecule has 1 aliphatic rings. The fraction of sp³-hybridized carbons (Fsp3) is 0.833. The Labute approximate surface area is 113 Å². The lowest BCUT2D eigenvalue weighted by Crippen LogP contribution is -2.38. The molecule has 1 N–H and O–H groups in total. The molecular formula is C12H24O7. The Morgan fingerprint density at radius 1 is 1.21 bits per heavy atom. The summed E-state index contributed by atoms with van der Waals surface area (Å²) in [6.07, 6.45) is -0.971. The molecule has 0 amide bonds. The van der Waals surface area contributed by atoms with Crippen LogP contribution >= 0.6 is 0 Å². The summed E-state index contributed by atoms with van der Waals surface area (Å²) in [5, 5.41) is 9.12. The summed E-state index contributed by atoms with van der Waals surface area (Å²) in [6.45, 7) is 1.29. The SMILES string of the molecule is CC(=O)OC1CC(O)OC(C=O)C1.COC.COC. The van der Waals surface area contributed by atoms with Crippen LogP contribution in [-0.2, 0) is 28.5 Å². The molecule has 0 aliphatic carbocycles. The van der Waals surface area contributed by atoms with Crippen LogP contribution in [0.15, 0.2) is 0 Å². The van der Waals surface area contributed by atoms with Crippen molar-refractivity contribution in [2.24, 2.45) is 0 Å². The highest BCUT2D eigenvalue weighted by atomic mass is 16.6. The van der Waals surface area contributed by atoms with Gasteiger partial charge in [-0.25, -0.2) is 0 Å². The molecule has 1 rings (SSSR count). The van der Waals surface area contributed by atoms with E-state index in [2.05, 4.69) is 9.47 Å². The van der Waals surface area contributed by atoms with Gasteiger partial charge in [-0.15, -0.1) is 0 Å². The van der Waals surface area contributed by atoms with E-state index < -0.39 is 24.5 Å². The van der Waals surface area contributed by atoms with E-state index in [-0.39, 0.29) is 6.42 Å². The summed E-state index contributed by atoms with van der Waals surface area (Å²) in [7, 11) is 6.50. The zero-order valence-electron chi connectivity index (χ0n) is 12.1. The number of hydrogen-bond acceptors (Lipinski definition) is 7. The molecule has 0 spiro atoms. The Kier molecular flexibility index (Phi) is 14.3. The van der Waals surface area contributed by atoms with Crippen LogP contribution in [0, 0.1) is 0 Å². The van der Waals surface area contributed by atoms with Crippen LogP contribution in [0.25, 0.3) is 0 Å². The molecule has 7 nitrogen and oxygen atoms in total. The van der Waals surface area contributed by atoms with E-state index in [0.717, 1.165) is 0 Å². The van der Waals surface area contributed by atoms with E-state index in [9.17, 15) is 9.59 Å². The molecule has 1 heterocycles. The number of ether oxygens (including phenoxy) is 4. The Hall–Kier alpha value is -1.02. The number of rotatable bonds is 2. The van der Waals surface area contributed by atoms with Crippen LogP contribution in [0.5, 0.6) is 0 Å². The molecule has 3 unspecified atom stereocenters. The van der Waals surface area contributed by atoms with Crippen LogP contribution in [0.4, 0.5) is 0 Å². The van der Waals surface area contributed by atoms with Crippen LogP contribution in [-0.4, -0.2) is 64.3 Å². The number of aldehydes is 1. The molecule has 1 fully saturated rings. The van der Waals surface area contributed by atoms with E-state index in [1.54, 1.807) is 28.4 Å². The monoisotopic (exact) mass is 280 g/mol. The number of esters is 1. The molecule has 0 radical (unpaired) electrons. The molecule has 19 heavy (non-hydrogen) atoms. The van der Waals surface area contributed by atoms with E-state index in [1.807, 2.05) is 0 Å². The Bertz CT molecular complexity index is 230. The molecule has 0 saturated carbocycles. The summed E-state index contributed by atoms with van der Waals surface area (Å²) < 4.78 is 18.2. The predicted octanol–water partition coefficient (Wildman–Crippen LogP) is 0.140.